The van der Waals surface area contributed by atoms with Crippen molar-refractivity contribution in [3.63, 3.8) is 0 Å². The van der Waals surface area contributed by atoms with Crippen LogP contribution in [0.4, 0.5) is 0 Å². The van der Waals surface area contributed by atoms with Crippen LogP contribution < -0.4 is 5.32 Å². The number of hydrogen-bond acceptors (Lipinski definition) is 4. The van der Waals surface area contributed by atoms with Gasteiger partial charge in [-0.25, -0.2) is 0 Å². The lowest BCUT2D eigenvalue weighted by molar-refractivity contribution is 0.0143. The molecule has 4 nitrogen and oxygen atoms in total. The zero-order valence-corrected chi connectivity index (χ0v) is 11.5. The van der Waals surface area contributed by atoms with Crippen LogP contribution in [0.2, 0.25) is 0 Å². The van der Waals surface area contributed by atoms with E-state index in [2.05, 4.69) is 31.0 Å². The molecule has 102 valence electrons. The molecule has 1 heterocycles. The third kappa shape index (κ3) is 5.82. The number of morpholine rings is 1. The van der Waals surface area contributed by atoms with Gasteiger partial charge in [0.15, 0.2) is 0 Å². The van der Waals surface area contributed by atoms with E-state index in [1.807, 2.05) is 0 Å². The maximum absolute atomic E-state index is 9.96. The van der Waals surface area contributed by atoms with Crippen LogP contribution in [0.5, 0.6) is 0 Å². The van der Waals surface area contributed by atoms with Crippen LogP contribution >= 0.6 is 0 Å². The molecule has 0 saturated carbocycles. The fourth-order valence-electron chi connectivity index (χ4n) is 2.02. The minimum Gasteiger partial charge on any atom is -0.390 e. The van der Waals surface area contributed by atoms with Crippen molar-refractivity contribution in [2.45, 2.75) is 39.3 Å². The average Bonchev–Trinajstić information content (AvgIpc) is 2.36. The molecular formula is C13H28N2O2. The highest BCUT2D eigenvalue weighted by molar-refractivity contribution is 4.73. The maximum atomic E-state index is 9.96. The third-order valence-corrected chi connectivity index (χ3v) is 3.75. The molecule has 0 aromatic rings. The number of aliphatic hydroxyl groups is 1. The fourth-order valence-corrected chi connectivity index (χ4v) is 2.02. The molecular weight excluding hydrogens is 216 g/mol. The Morgan fingerprint density at radius 3 is 2.53 bits per heavy atom. The summed E-state index contributed by atoms with van der Waals surface area (Å²) < 4.78 is 5.29. The highest BCUT2D eigenvalue weighted by Crippen LogP contribution is 2.06. The summed E-state index contributed by atoms with van der Waals surface area (Å²) >= 11 is 0. The second-order valence-corrected chi connectivity index (χ2v) is 5.15. The SMILES string of the molecule is CCC(C)C(C)NCC(O)CN1CCOCC1. The molecule has 2 N–H and O–H groups in total. The van der Waals surface area contributed by atoms with Crippen LogP contribution in [0.1, 0.15) is 27.2 Å². The van der Waals surface area contributed by atoms with E-state index in [0.29, 0.717) is 18.5 Å². The number of β-amino-alcohol motifs (C(OH)–C–C–N with tert-alkyl or cyclic N) is 1. The molecule has 0 aromatic carbocycles. The molecule has 0 bridgehead atoms. The number of aliphatic hydroxyl groups excluding tert-OH is 1. The van der Waals surface area contributed by atoms with Crippen LogP contribution in [-0.4, -0.2) is 61.5 Å². The van der Waals surface area contributed by atoms with Gasteiger partial charge in [-0.2, -0.15) is 0 Å². The minimum atomic E-state index is -0.278. The predicted octanol–water partition coefficient (Wildman–Crippen LogP) is 0.704. The van der Waals surface area contributed by atoms with E-state index in [-0.39, 0.29) is 6.10 Å². The molecule has 17 heavy (non-hydrogen) atoms. The van der Waals surface area contributed by atoms with Gasteiger partial charge in [-0.05, 0) is 12.8 Å². The zero-order valence-electron chi connectivity index (χ0n) is 11.5. The van der Waals surface area contributed by atoms with Crippen molar-refractivity contribution in [3.8, 4) is 0 Å². The van der Waals surface area contributed by atoms with Gasteiger partial charge in [-0.3, -0.25) is 4.90 Å². The van der Waals surface area contributed by atoms with E-state index in [4.69, 9.17) is 4.74 Å². The lowest BCUT2D eigenvalue weighted by atomic mass is 10.0. The summed E-state index contributed by atoms with van der Waals surface area (Å²) in [7, 11) is 0. The number of nitrogens with one attached hydrogen (secondary N) is 1. The molecule has 3 atom stereocenters. The summed E-state index contributed by atoms with van der Waals surface area (Å²) in [4.78, 5) is 2.27. The summed E-state index contributed by atoms with van der Waals surface area (Å²) in [6, 6.07) is 0.472. The van der Waals surface area contributed by atoms with Crippen LogP contribution in [0.15, 0.2) is 0 Å². The van der Waals surface area contributed by atoms with Crippen molar-refractivity contribution in [2.75, 3.05) is 39.4 Å². The Labute approximate surface area is 105 Å². The Hall–Kier alpha value is -0.160. The van der Waals surface area contributed by atoms with Crippen molar-refractivity contribution in [3.05, 3.63) is 0 Å². The molecule has 1 aliphatic heterocycles. The highest BCUT2D eigenvalue weighted by atomic mass is 16.5. The minimum absolute atomic E-state index is 0.278. The third-order valence-electron chi connectivity index (χ3n) is 3.75. The first-order valence-corrected chi connectivity index (χ1v) is 6.85. The lowest BCUT2D eigenvalue weighted by Crippen LogP contribution is -2.45. The fraction of sp³-hybridized carbons (Fsp3) is 1.00. The summed E-state index contributed by atoms with van der Waals surface area (Å²) in [5, 5.41) is 13.4. The van der Waals surface area contributed by atoms with Crippen LogP contribution in [0.25, 0.3) is 0 Å². The summed E-state index contributed by atoms with van der Waals surface area (Å²) in [5.41, 5.74) is 0. The molecule has 4 heteroatoms. The Kier molecular flexibility index (Phi) is 7.04. The summed E-state index contributed by atoms with van der Waals surface area (Å²) in [6.07, 6.45) is 0.896. The standard InChI is InChI=1S/C13H28N2O2/c1-4-11(2)12(3)14-9-13(16)10-15-5-7-17-8-6-15/h11-14,16H,4-10H2,1-3H3. The van der Waals surface area contributed by atoms with Gasteiger partial charge in [-0.15, -0.1) is 0 Å². The van der Waals surface area contributed by atoms with Crippen molar-refractivity contribution in [1.29, 1.82) is 0 Å². The zero-order chi connectivity index (χ0) is 12.7. The molecule has 0 spiro atoms. The first kappa shape index (κ1) is 14.9. The molecule has 1 rings (SSSR count). The van der Waals surface area contributed by atoms with Crippen molar-refractivity contribution < 1.29 is 9.84 Å². The van der Waals surface area contributed by atoms with Crippen LogP contribution in [0.3, 0.4) is 0 Å². The number of hydrogen-bond donors (Lipinski definition) is 2. The van der Waals surface area contributed by atoms with Gasteiger partial charge >= 0.3 is 0 Å². The van der Waals surface area contributed by atoms with E-state index >= 15 is 0 Å². The van der Waals surface area contributed by atoms with Crippen LogP contribution in [-0.2, 0) is 4.74 Å². The largest absolute Gasteiger partial charge is 0.390 e. The molecule has 0 radical (unpaired) electrons. The average molecular weight is 244 g/mol. The second kappa shape index (κ2) is 8.03. The Morgan fingerprint density at radius 2 is 1.94 bits per heavy atom. The molecule has 0 aliphatic carbocycles. The van der Waals surface area contributed by atoms with Gasteiger partial charge in [0.05, 0.1) is 19.3 Å². The Bertz CT molecular complexity index is 196. The van der Waals surface area contributed by atoms with Gasteiger partial charge in [0.1, 0.15) is 0 Å². The number of ether oxygens (including phenoxy) is 1. The maximum Gasteiger partial charge on any atom is 0.0791 e. The van der Waals surface area contributed by atoms with E-state index in [1.165, 1.54) is 6.42 Å². The molecule has 0 amide bonds. The highest BCUT2D eigenvalue weighted by Gasteiger charge is 2.16. The second-order valence-electron chi connectivity index (χ2n) is 5.15. The quantitative estimate of drug-likeness (QED) is 0.692. The van der Waals surface area contributed by atoms with E-state index < -0.39 is 0 Å². The lowest BCUT2D eigenvalue weighted by Gasteiger charge is -2.29. The normalized spacial score (nSPS) is 23.3. The van der Waals surface area contributed by atoms with Gasteiger partial charge < -0.3 is 15.2 Å². The molecule has 1 fully saturated rings. The monoisotopic (exact) mass is 244 g/mol. The summed E-state index contributed by atoms with van der Waals surface area (Å²) in [6.45, 7) is 11.5. The molecule has 1 saturated heterocycles. The summed E-state index contributed by atoms with van der Waals surface area (Å²) in [5.74, 6) is 0.658. The first-order valence-electron chi connectivity index (χ1n) is 6.85. The van der Waals surface area contributed by atoms with E-state index in [9.17, 15) is 5.11 Å². The molecule has 1 aliphatic rings. The molecule has 3 unspecified atom stereocenters. The number of nitrogens with zero attached hydrogens (tertiary/aromatic N) is 1. The smallest absolute Gasteiger partial charge is 0.0791 e. The van der Waals surface area contributed by atoms with E-state index in [0.717, 1.165) is 32.8 Å². The van der Waals surface area contributed by atoms with Crippen molar-refractivity contribution in [1.82, 2.24) is 10.2 Å². The number of rotatable bonds is 7. The van der Waals surface area contributed by atoms with Gasteiger partial charge in [0, 0.05) is 32.2 Å². The topological polar surface area (TPSA) is 44.7 Å². The van der Waals surface area contributed by atoms with Crippen molar-refractivity contribution in [2.24, 2.45) is 5.92 Å². The molecule has 0 aromatic heterocycles. The predicted molar refractivity (Wildman–Crippen MR) is 70.2 cm³/mol. The van der Waals surface area contributed by atoms with E-state index in [1.54, 1.807) is 0 Å². The first-order chi connectivity index (χ1) is 8.13. The Morgan fingerprint density at radius 1 is 1.29 bits per heavy atom. The van der Waals surface area contributed by atoms with Crippen molar-refractivity contribution >= 4 is 0 Å². The van der Waals surface area contributed by atoms with Gasteiger partial charge in [0.2, 0.25) is 0 Å². The van der Waals surface area contributed by atoms with Gasteiger partial charge in [0.25, 0.3) is 0 Å². The Balaban J connectivity index is 2.13. The van der Waals surface area contributed by atoms with Gasteiger partial charge in [-0.1, -0.05) is 20.3 Å². The van der Waals surface area contributed by atoms with Crippen LogP contribution in [0, 0.1) is 5.92 Å².